The molecule has 3 fully saturated rings. The van der Waals surface area contributed by atoms with Crippen LogP contribution < -0.4 is 4.90 Å². The van der Waals surface area contributed by atoms with Crippen molar-refractivity contribution in [2.24, 2.45) is 23.7 Å². The van der Waals surface area contributed by atoms with E-state index >= 15 is 0 Å². The van der Waals surface area contributed by atoms with E-state index in [9.17, 15) is 29.3 Å². The Kier molecular flexibility index (Phi) is 6.08. The van der Waals surface area contributed by atoms with Crippen LogP contribution in [0.5, 0.6) is 0 Å². The van der Waals surface area contributed by atoms with Gasteiger partial charge in [0, 0.05) is 27.4 Å². The lowest BCUT2D eigenvalue weighted by molar-refractivity contribution is -0.384. The molecule has 11 heteroatoms. The molecular formula is C24H18Br2N2O7. The minimum Gasteiger partial charge on any atom is -0.454 e. The minimum atomic E-state index is -0.878. The number of carbonyl (C=O) groups excluding carboxylic acids is 4. The molecule has 1 heterocycles. The molecule has 2 aliphatic carbocycles. The van der Waals surface area contributed by atoms with Gasteiger partial charge >= 0.3 is 5.97 Å². The molecule has 35 heavy (non-hydrogen) atoms. The van der Waals surface area contributed by atoms with Crippen LogP contribution in [0.1, 0.15) is 27.1 Å². The molecule has 9 nitrogen and oxygen atoms in total. The molecule has 5 rings (SSSR count). The highest BCUT2D eigenvalue weighted by molar-refractivity contribution is 9.12. The molecule has 0 spiro atoms. The fourth-order valence-electron chi connectivity index (χ4n) is 5.51. The second-order valence-corrected chi connectivity index (χ2v) is 11.0. The number of non-ortho nitro benzene ring substituents is 1. The monoisotopic (exact) mass is 604 g/mol. The number of ether oxygens (including phenoxy) is 1. The summed E-state index contributed by atoms with van der Waals surface area (Å²) in [5, 5.41) is 10.9. The Morgan fingerprint density at radius 3 is 2.26 bits per heavy atom. The van der Waals surface area contributed by atoms with Crippen molar-refractivity contribution < 1.29 is 28.8 Å². The summed E-state index contributed by atoms with van der Waals surface area (Å²) in [7, 11) is 0. The maximum Gasteiger partial charge on any atom is 0.340 e. The van der Waals surface area contributed by atoms with Crippen LogP contribution in [0.4, 0.5) is 11.4 Å². The highest BCUT2D eigenvalue weighted by atomic mass is 79.9. The van der Waals surface area contributed by atoms with Gasteiger partial charge in [-0.3, -0.25) is 24.5 Å². The lowest BCUT2D eigenvalue weighted by atomic mass is 9.81. The number of esters is 1. The third-order valence-corrected chi connectivity index (χ3v) is 10.3. The molecule has 0 unspecified atom stereocenters. The number of imide groups is 1. The number of nitrogens with zero attached hydrogens (tertiary/aromatic N) is 2. The largest absolute Gasteiger partial charge is 0.454 e. The molecule has 180 valence electrons. The molecule has 0 radical (unpaired) electrons. The van der Waals surface area contributed by atoms with Crippen LogP contribution in [0, 0.1) is 33.8 Å². The van der Waals surface area contributed by atoms with Crippen LogP contribution in [0.3, 0.4) is 0 Å². The van der Waals surface area contributed by atoms with Gasteiger partial charge < -0.3 is 4.74 Å². The zero-order valence-corrected chi connectivity index (χ0v) is 21.2. The van der Waals surface area contributed by atoms with Crippen LogP contribution in [0.2, 0.25) is 0 Å². The van der Waals surface area contributed by atoms with Crippen LogP contribution >= 0.6 is 31.9 Å². The molecule has 0 aromatic heterocycles. The molecule has 6 atom stereocenters. The van der Waals surface area contributed by atoms with E-state index in [1.165, 1.54) is 30.3 Å². The van der Waals surface area contributed by atoms with Crippen molar-refractivity contribution in [3.63, 3.8) is 0 Å². The highest BCUT2D eigenvalue weighted by Gasteiger charge is 2.66. The van der Waals surface area contributed by atoms with E-state index in [0.29, 0.717) is 0 Å². The van der Waals surface area contributed by atoms with Gasteiger partial charge in [0.15, 0.2) is 6.61 Å². The van der Waals surface area contributed by atoms with E-state index in [1.54, 1.807) is 12.1 Å². The van der Waals surface area contributed by atoms with E-state index in [4.69, 9.17) is 4.74 Å². The van der Waals surface area contributed by atoms with Crippen LogP contribution in [-0.2, 0) is 14.3 Å². The molecule has 2 saturated carbocycles. The smallest absolute Gasteiger partial charge is 0.340 e. The third-order valence-electron chi connectivity index (χ3n) is 7.07. The van der Waals surface area contributed by atoms with Crippen LogP contribution in [0.25, 0.3) is 0 Å². The van der Waals surface area contributed by atoms with Crippen molar-refractivity contribution in [2.45, 2.75) is 16.1 Å². The van der Waals surface area contributed by atoms with Gasteiger partial charge in [0.2, 0.25) is 17.6 Å². The average Bonchev–Trinajstić information content (AvgIpc) is 3.47. The first-order valence-electron chi connectivity index (χ1n) is 10.9. The number of carbonyl (C=O) groups is 4. The Balaban J connectivity index is 1.35. The molecule has 2 aromatic carbocycles. The number of nitro groups is 1. The van der Waals surface area contributed by atoms with Gasteiger partial charge in [-0.05, 0) is 30.4 Å². The van der Waals surface area contributed by atoms with Crippen molar-refractivity contribution in [2.75, 3.05) is 11.5 Å². The summed E-state index contributed by atoms with van der Waals surface area (Å²) >= 11 is 7.30. The topological polar surface area (TPSA) is 124 Å². The Bertz CT molecular complexity index is 1250. The van der Waals surface area contributed by atoms with Crippen molar-refractivity contribution in [1.29, 1.82) is 0 Å². The van der Waals surface area contributed by atoms with Gasteiger partial charge in [0.1, 0.15) is 0 Å². The molecule has 2 amide bonds. The number of hydrogen-bond acceptors (Lipinski definition) is 7. The molecule has 1 aliphatic heterocycles. The maximum atomic E-state index is 13.4. The van der Waals surface area contributed by atoms with E-state index < -0.39 is 35.1 Å². The first kappa shape index (κ1) is 23.8. The predicted molar refractivity (Wildman–Crippen MR) is 131 cm³/mol. The number of para-hydroxylation sites is 1. The van der Waals surface area contributed by atoms with Gasteiger partial charge in [0.25, 0.3) is 5.69 Å². The Morgan fingerprint density at radius 1 is 1.00 bits per heavy atom. The number of hydrogen-bond donors (Lipinski definition) is 0. The lowest BCUT2D eigenvalue weighted by Crippen LogP contribution is -2.37. The SMILES string of the molecule is O=C(COC(=O)c1ccccc1N1C(=O)[C@@H]2[C@H]3C[C@@H]([C@@H](Br)[C@H]3Br)[C@H]2C1=O)c1cccc([N+](=O)[O-])c1. The molecule has 2 bridgehead atoms. The zero-order valence-electron chi connectivity index (χ0n) is 18.0. The minimum absolute atomic E-state index is 0.0147. The number of rotatable bonds is 6. The Morgan fingerprint density at radius 2 is 1.63 bits per heavy atom. The van der Waals surface area contributed by atoms with E-state index in [1.807, 2.05) is 0 Å². The summed E-state index contributed by atoms with van der Waals surface area (Å²) in [5.41, 5.74) is -0.114. The number of halogens is 2. The summed E-state index contributed by atoms with van der Waals surface area (Å²) in [6, 6.07) is 11.2. The Hall–Kier alpha value is -2.92. The number of amides is 2. The first-order chi connectivity index (χ1) is 16.7. The van der Waals surface area contributed by atoms with E-state index in [2.05, 4.69) is 31.9 Å². The number of nitro benzene ring substituents is 1. The summed E-state index contributed by atoms with van der Waals surface area (Å²) in [6.07, 6.45) is 0.788. The number of ketones is 1. The van der Waals surface area contributed by atoms with Crippen LogP contribution in [-0.4, -0.2) is 44.8 Å². The van der Waals surface area contributed by atoms with Crippen LogP contribution in [0.15, 0.2) is 48.5 Å². The molecule has 2 aromatic rings. The standard InChI is InChI=1S/C24H18Br2N2O7/c25-20-14-9-15(21(20)26)19-18(14)22(30)27(23(19)31)16-7-2-1-6-13(16)24(32)35-10-17(29)11-4-3-5-12(8-11)28(33)34/h1-8,14-15,18-21H,9-10H2/t14-,15-,18-,19-,20-,21+/m1/s1. The average molecular weight is 606 g/mol. The van der Waals surface area contributed by atoms with Crippen molar-refractivity contribution in [1.82, 2.24) is 0 Å². The fourth-order valence-corrected chi connectivity index (χ4v) is 7.39. The van der Waals surface area contributed by atoms with E-state index in [-0.39, 0.29) is 55.8 Å². The highest BCUT2D eigenvalue weighted by Crippen LogP contribution is 2.60. The predicted octanol–water partition coefficient (Wildman–Crippen LogP) is 3.92. The number of fused-ring (bicyclic) bond motifs is 5. The molecule has 1 saturated heterocycles. The normalized spacial score (nSPS) is 28.8. The Labute approximate surface area is 216 Å². The summed E-state index contributed by atoms with van der Waals surface area (Å²) < 4.78 is 5.18. The van der Waals surface area contributed by atoms with Crippen molar-refractivity contribution in [3.05, 3.63) is 69.8 Å². The maximum absolute atomic E-state index is 13.4. The van der Waals surface area contributed by atoms with Gasteiger partial charge in [-0.1, -0.05) is 56.1 Å². The summed E-state index contributed by atoms with van der Waals surface area (Å²) in [5.74, 6) is -2.98. The van der Waals surface area contributed by atoms with Gasteiger partial charge in [-0.15, -0.1) is 0 Å². The number of benzene rings is 2. The lowest BCUT2D eigenvalue weighted by Gasteiger charge is -2.28. The fraction of sp³-hybridized carbons (Fsp3) is 0.333. The number of alkyl halides is 2. The second kappa shape index (κ2) is 8.94. The zero-order chi connectivity index (χ0) is 25.0. The third kappa shape index (κ3) is 3.81. The van der Waals surface area contributed by atoms with Gasteiger partial charge in [-0.2, -0.15) is 0 Å². The quantitative estimate of drug-likeness (QED) is 0.122. The first-order valence-corrected chi connectivity index (χ1v) is 12.7. The molecule has 3 aliphatic rings. The van der Waals surface area contributed by atoms with Crippen molar-refractivity contribution in [3.8, 4) is 0 Å². The van der Waals surface area contributed by atoms with Crippen molar-refractivity contribution >= 4 is 66.8 Å². The number of anilines is 1. The second-order valence-electron chi connectivity index (χ2n) is 8.84. The van der Waals surface area contributed by atoms with Gasteiger partial charge in [0.05, 0.1) is 28.0 Å². The van der Waals surface area contributed by atoms with E-state index in [0.717, 1.165) is 17.4 Å². The summed E-state index contributed by atoms with van der Waals surface area (Å²) in [6.45, 7) is -0.651. The van der Waals surface area contributed by atoms with Gasteiger partial charge in [-0.25, -0.2) is 9.69 Å². The summed E-state index contributed by atoms with van der Waals surface area (Å²) in [4.78, 5) is 63.6. The molecule has 0 N–H and O–H groups in total. The number of Topliss-reactive ketones (excluding diaryl/α,β-unsaturated/α-hetero) is 1. The molecular weight excluding hydrogens is 588 g/mol.